The predicted molar refractivity (Wildman–Crippen MR) is 76.5 cm³/mol. The van der Waals surface area contributed by atoms with Crippen molar-refractivity contribution in [3.8, 4) is 11.6 Å². The standard InChI is InChI=1S/C12H8Cl2F3N3O3/c1-5-9(20(21)22)11(23-2)18-19(5)10-7(13)3-6(4-8(10)14)12(15,16)17/h3-4H,1-2H3. The Hall–Kier alpha value is -2.00. The van der Waals surface area contributed by atoms with E-state index in [1.54, 1.807) is 0 Å². The molecule has 0 radical (unpaired) electrons. The maximum Gasteiger partial charge on any atom is 0.416 e. The number of aromatic nitrogens is 2. The molecule has 11 heteroatoms. The van der Waals surface area contributed by atoms with Crippen molar-refractivity contribution in [3.05, 3.63) is 43.5 Å². The number of alkyl halides is 3. The van der Waals surface area contributed by atoms with Gasteiger partial charge in [-0.15, -0.1) is 5.10 Å². The third-order valence-electron chi connectivity index (χ3n) is 2.99. The second kappa shape index (κ2) is 5.89. The van der Waals surface area contributed by atoms with Crippen molar-refractivity contribution in [1.29, 1.82) is 0 Å². The number of hydrogen-bond donors (Lipinski definition) is 0. The van der Waals surface area contributed by atoms with Crippen LogP contribution in [0.1, 0.15) is 11.3 Å². The van der Waals surface area contributed by atoms with Gasteiger partial charge < -0.3 is 4.74 Å². The topological polar surface area (TPSA) is 70.2 Å². The highest BCUT2D eigenvalue weighted by Crippen LogP contribution is 2.40. The van der Waals surface area contributed by atoms with Crippen LogP contribution in [0, 0.1) is 17.0 Å². The molecule has 6 nitrogen and oxygen atoms in total. The van der Waals surface area contributed by atoms with Crippen LogP contribution in [-0.2, 0) is 6.18 Å². The Kier molecular flexibility index (Phi) is 4.45. The van der Waals surface area contributed by atoms with Gasteiger partial charge >= 0.3 is 17.7 Å². The van der Waals surface area contributed by atoms with Crippen LogP contribution < -0.4 is 4.74 Å². The Labute approximate surface area is 137 Å². The van der Waals surface area contributed by atoms with E-state index in [4.69, 9.17) is 27.9 Å². The zero-order valence-corrected chi connectivity index (χ0v) is 13.1. The van der Waals surface area contributed by atoms with Crippen molar-refractivity contribution in [2.75, 3.05) is 7.11 Å². The molecule has 0 saturated heterocycles. The van der Waals surface area contributed by atoms with Gasteiger partial charge in [-0.05, 0) is 19.1 Å². The molecule has 124 valence electrons. The molecule has 0 fully saturated rings. The minimum Gasteiger partial charge on any atom is -0.475 e. The van der Waals surface area contributed by atoms with Crippen molar-refractivity contribution in [2.45, 2.75) is 13.1 Å². The van der Waals surface area contributed by atoms with Crippen molar-refractivity contribution in [2.24, 2.45) is 0 Å². The first-order valence-electron chi connectivity index (χ1n) is 5.92. The smallest absolute Gasteiger partial charge is 0.416 e. The number of ether oxygens (including phenoxy) is 1. The maximum atomic E-state index is 12.7. The molecule has 2 aromatic rings. The Morgan fingerprint density at radius 3 is 2.17 bits per heavy atom. The summed E-state index contributed by atoms with van der Waals surface area (Å²) >= 11 is 11.8. The highest BCUT2D eigenvalue weighted by molar-refractivity contribution is 6.37. The summed E-state index contributed by atoms with van der Waals surface area (Å²) in [4.78, 5) is 10.3. The molecule has 0 aliphatic carbocycles. The minimum atomic E-state index is -4.63. The van der Waals surface area contributed by atoms with Gasteiger partial charge in [-0.3, -0.25) is 10.1 Å². The summed E-state index contributed by atoms with van der Waals surface area (Å²) in [6.07, 6.45) is -4.63. The fourth-order valence-corrected chi connectivity index (χ4v) is 2.61. The molecule has 0 unspecified atom stereocenters. The lowest BCUT2D eigenvalue weighted by Crippen LogP contribution is -2.08. The molecular weight excluding hydrogens is 362 g/mol. The van der Waals surface area contributed by atoms with Gasteiger partial charge in [-0.1, -0.05) is 23.2 Å². The van der Waals surface area contributed by atoms with Crippen LogP contribution in [0.25, 0.3) is 5.69 Å². The fraction of sp³-hybridized carbons (Fsp3) is 0.250. The third kappa shape index (κ3) is 3.06. The van der Waals surface area contributed by atoms with Crippen LogP contribution in [0.15, 0.2) is 12.1 Å². The molecule has 0 atom stereocenters. The summed E-state index contributed by atoms with van der Waals surface area (Å²) < 4.78 is 44.0. The van der Waals surface area contributed by atoms with Crippen LogP contribution >= 0.6 is 23.2 Å². The van der Waals surface area contributed by atoms with E-state index in [0.29, 0.717) is 12.1 Å². The Balaban J connectivity index is 2.71. The van der Waals surface area contributed by atoms with E-state index in [1.807, 2.05) is 0 Å². The molecule has 0 amide bonds. The van der Waals surface area contributed by atoms with Crippen molar-refractivity contribution in [3.63, 3.8) is 0 Å². The molecule has 1 heterocycles. The van der Waals surface area contributed by atoms with E-state index in [2.05, 4.69) is 5.10 Å². The number of hydrogen-bond acceptors (Lipinski definition) is 4. The number of nitro groups is 1. The summed E-state index contributed by atoms with van der Waals surface area (Å²) in [5.74, 6) is -0.306. The van der Waals surface area contributed by atoms with Gasteiger partial charge in [0.25, 0.3) is 0 Å². The van der Waals surface area contributed by atoms with E-state index < -0.39 is 22.4 Å². The molecule has 0 aliphatic heterocycles. The van der Waals surface area contributed by atoms with Gasteiger partial charge in [0.15, 0.2) is 0 Å². The average Bonchev–Trinajstić information content (AvgIpc) is 2.74. The largest absolute Gasteiger partial charge is 0.475 e. The number of rotatable bonds is 3. The van der Waals surface area contributed by atoms with Crippen LogP contribution in [0.5, 0.6) is 5.88 Å². The van der Waals surface area contributed by atoms with E-state index in [1.165, 1.54) is 14.0 Å². The second-order valence-electron chi connectivity index (χ2n) is 4.40. The molecule has 0 spiro atoms. The Morgan fingerprint density at radius 2 is 1.83 bits per heavy atom. The normalized spacial score (nSPS) is 11.6. The molecule has 1 aromatic carbocycles. The van der Waals surface area contributed by atoms with E-state index in [9.17, 15) is 23.3 Å². The molecule has 0 bridgehead atoms. The monoisotopic (exact) mass is 369 g/mol. The molecule has 0 aliphatic rings. The van der Waals surface area contributed by atoms with Crippen LogP contribution in [0.3, 0.4) is 0 Å². The summed E-state index contributed by atoms with van der Waals surface area (Å²) in [7, 11) is 1.18. The Morgan fingerprint density at radius 1 is 1.30 bits per heavy atom. The maximum absolute atomic E-state index is 12.7. The lowest BCUT2D eigenvalue weighted by molar-refractivity contribution is -0.386. The quantitative estimate of drug-likeness (QED) is 0.592. The molecule has 1 aromatic heterocycles. The van der Waals surface area contributed by atoms with E-state index in [-0.39, 0.29) is 27.3 Å². The van der Waals surface area contributed by atoms with Gasteiger partial charge in [-0.2, -0.15) is 13.2 Å². The van der Waals surface area contributed by atoms with E-state index in [0.717, 1.165) is 4.68 Å². The third-order valence-corrected chi connectivity index (χ3v) is 3.56. The average molecular weight is 370 g/mol. The first-order valence-corrected chi connectivity index (χ1v) is 6.68. The summed E-state index contributed by atoms with van der Waals surface area (Å²) in [5.41, 5.74) is -1.57. The number of halogens is 5. The SMILES string of the molecule is COc1nn(-c2c(Cl)cc(C(F)(F)F)cc2Cl)c(C)c1[N+](=O)[O-]. The molecule has 2 rings (SSSR count). The number of nitrogens with zero attached hydrogens (tertiary/aromatic N) is 3. The first kappa shape index (κ1) is 17.4. The summed E-state index contributed by atoms with van der Waals surface area (Å²) in [6.45, 7) is 1.35. The van der Waals surface area contributed by atoms with Crippen molar-refractivity contribution < 1.29 is 22.8 Å². The van der Waals surface area contributed by atoms with Crippen molar-refractivity contribution >= 4 is 28.9 Å². The lowest BCUT2D eigenvalue weighted by Gasteiger charge is -2.12. The Bertz CT molecular complexity index is 767. The van der Waals surface area contributed by atoms with Gasteiger partial charge in [0.2, 0.25) is 0 Å². The van der Waals surface area contributed by atoms with Gasteiger partial charge in [0, 0.05) is 0 Å². The fourth-order valence-electron chi connectivity index (χ4n) is 1.97. The minimum absolute atomic E-state index is 0.00964. The first-order chi connectivity index (χ1) is 10.6. The molecule has 0 saturated carbocycles. The molecule has 0 N–H and O–H groups in total. The zero-order valence-electron chi connectivity index (χ0n) is 11.6. The van der Waals surface area contributed by atoms with Gasteiger partial charge in [-0.25, -0.2) is 4.68 Å². The van der Waals surface area contributed by atoms with Gasteiger partial charge in [0.05, 0.1) is 27.6 Å². The number of methoxy groups -OCH3 is 1. The van der Waals surface area contributed by atoms with Crippen LogP contribution in [0.4, 0.5) is 18.9 Å². The second-order valence-corrected chi connectivity index (χ2v) is 5.21. The van der Waals surface area contributed by atoms with Crippen LogP contribution in [0.2, 0.25) is 10.0 Å². The lowest BCUT2D eigenvalue weighted by atomic mass is 10.2. The highest BCUT2D eigenvalue weighted by Gasteiger charge is 2.33. The zero-order chi connectivity index (χ0) is 17.5. The van der Waals surface area contributed by atoms with Crippen LogP contribution in [-0.4, -0.2) is 21.8 Å². The highest BCUT2D eigenvalue weighted by atomic mass is 35.5. The predicted octanol–water partition coefficient (Wildman–Crippen LogP) is 4.42. The van der Waals surface area contributed by atoms with Gasteiger partial charge in [0.1, 0.15) is 11.4 Å². The summed E-state index contributed by atoms with van der Waals surface area (Å²) in [6, 6.07) is 1.34. The molecular formula is C12H8Cl2F3N3O3. The number of benzene rings is 1. The van der Waals surface area contributed by atoms with Crippen molar-refractivity contribution in [1.82, 2.24) is 9.78 Å². The molecule has 23 heavy (non-hydrogen) atoms. The van der Waals surface area contributed by atoms with E-state index >= 15 is 0 Å². The summed E-state index contributed by atoms with van der Waals surface area (Å²) in [5, 5.41) is 14.2.